The van der Waals surface area contributed by atoms with Gasteiger partial charge in [0.2, 0.25) is 0 Å². The van der Waals surface area contributed by atoms with Crippen LogP contribution in [0.25, 0.3) is 0 Å². The van der Waals surface area contributed by atoms with E-state index in [1.54, 1.807) is 18.2 Å². The first-order valence-corrected chi connectivity index (χ1v) is 10.1. The first-order chi connectivity index (χ1) is 12.8. The van der Waals surface area contributed by atoms with E-state index >= 15 is 0 Å². The number of sulfone groups is 1. The molecule has 1 aliphatic rings. The average Bonchev–Trinajstić information content (AvgIpc) is 2.63. The van der Waals surface area contributed by atoms with Crippen molar-refractivity contribution in [2.75, 3.05) is 12.9 Å². The highest BCUT2D eigenvalue weighted by Crippen LogP contribution is 2.36. The minimum Gasteiger partial charge on any atom is -0.490 e. The van der Waals surface area contributed by atoms with Crippen molar-refractivity contribution in [3.63, 3.8) is 0 Å². The number of nitrogens with one attached hydrogen (secondary N) is 2. The molecule has 0 aliphatic carbocycles. The van der Waals surface area contributed by atoms with E-state index < -0.39 is 33.5 Å². The van der Waals surface area contributed by atoms with Gasteiger partial charge in [0.25, 0.3) is 0 Å². The van der Waals surface area contributed by atoms with Crippen LogP contribution in [0.15, 0.2) is 41.3 Å². The molecule has 0 saturated heterocycles. The summed E-state index contributed by atoms with van der Waals surface area (Å²) in [6.07, 6.45) is 1.36. The number of ether oxygens (including phenoxy) is 1. The first kappa shape index (κ1) is 19.1. The Morgan fingerprint density at radius 3 is 2.63 bits per heavy atom. The van der Waals surface area contributed by atoms with Gasteiger partial charge in [-0.25, -0.2) is 22.0 Å². The molecule has 2 amide bonds. The number of halogens is 2. The Balaban J connectivity index is 1.72. The van der Waals surface area contributed by atoms with E-state index in [0.717, 1.165) is 18.4 Å². The highest BCUT2D eigenvalue weighted by atomic mass is 32.2. The average molecular weight is 396 g/mol. The topological polar surface area (TPSA) is 84.5 Å². The van der Waals surface area contributed by atoms with Crippen molar-refractivity contribution < 1.29 is 26.7 Å². The molecule has 0 radical (unpaired) electrons. The summed E-state index contributed by atoms with van der Waals surface area (Å²) >= 11 is 0. The summed E-state index contributed by atoms with van der Waals surface area (Å²) in [5.74, 6) is -1.56. The highest BCUT2D eigenvalue weighted by Gasteiger charge is 2.29. The molecule has 1 atom stereocenters. The predicted octanol–water partition coefficient (Wildman–Crippen LogP) is 2.69. The molecule has 6 nitrogen and oxygen atoms in total. The quantitative estimate of drug-likeness (QED) is 0.832. The summed E-state index contributed by atoms with van der Waals surface area (Å²) in [5, 5.41) is 5.14. The van der Waals surface area contributed by atoms with E-state index in [1.165, 1.54) is 6.07 Å². The van der Waals surface area contributed by atoms with Gasteiger partial charge < -0.3 is 15.4 Å². The largest absolute Gasteiger partial charge is 0.490 e. The van der Waals surface area contributed by atoms with Gasteiger partial charge in [0.15, 0.2) is 21.4 Å². The molecule has 9 heteroatoms. The standard InChI is InChI=1S/C18H18F2N2O4S/c1-27(24,25)15-5-3-2-4-11(15)10-21-18(23)22-14-8-9-26-17-13(20)7-6-12(19)16(14)17/h2-7,14H,8-10H2,1H3,(H2,21,22,23)/t14-/m1/s1. The van der Waals surface area contributed by atoms with Gasteiger partial charge in [0.1, 0.15) is 5.82 Å². The van der Waals surface area contributed by atoms with Crippen LogP contribution in [0.3, 0.4) is 0 Å². The molecule has 3 rings (SSSR count). The molecule has 2 aromatic rings. The van der Waals surface area contributed by atoms with E-state index in [4.69, 9.17) is 4.74 Å². The van der Waals surface area contributed by atoms with Crippen molar-refractivity contribution >= 4 is 15.9 Å². The van der Waals surface area contributed by atoms with Gasteiger partial charge in [0, 0.05) is 19.2 Å². The lowest BCUT2D eigenvalue weighted by Crippen LogP contribution is -2.40. The fraction of sp³-hybridized carbons (Fsp3) is 0.278. The summed E-state index contributed by atoms with van der Waals surface area (Å²) in [6.45, 7) is 0.103. The molecule has 1 aliphatic heterocycles. The molecule has 1 heterocycles. The maximum absolute atomic E-state index is 14.1. The Morgan fingerprint density at radius 2 is 1.89 bits per heavy atom. The van der Waals surface area contributed by atoms with E-state index in [1.807, 2.05) is 0 Å². The smallest absolute Gasteiger partial charge is 0.315 e. The van der Waals surface area contributed by atoms with Gasteiger partial charge in [0.05, 0.1) is 23.1 Å². The second-order valence-electron chi connectivity index (χ2n) is 6.17. The van der Waals surface area contributed by atoms with Crippen LogP contribution in [0.2, 0.25) is 0 Å². The van der Waals surface area contributed by atoms with E-state index in [-0.39, 0.29) is 35.8 Å². The maximum Gasteiger partial charge on any atom is 0.315 e. The number of rotatable bonds is 4. The Kier molecular flexibility index (Phi) is 5.31. The number of hydrogen-bond acceptors (Lipinski definition) is 4. The predicted molar refractivity (Wildman–Crippen MR) is 94.1 cm³/mol. The van der Waals surface area contributed by atoms with Crippen molar-refractivity contribution in [1.29, 1.82) is 0 Å². The number of carbonyl (C=O) groups excluding carboxylic acids is 1. The number of urea groups is 1. The lowest BCUT2D eigenvalue weighted by molar-refractivity contribution is 0.216. The van der Waals surface area contributed by atoms with Crippen LogP contribution < -0.4 is 15.4 Å². The summed E-state index contributed by atoms with van der Waals surface area (Å²) in [7, 11) is -3.44. The summed E-state index contributed by atoms with van der Waals surface area (Å²) in [5.41, 5.74) is 0.396. The monoisotopic (exact) mass is 396 g/mol. The van der Waals surface area contributed by atoms with Crippen LogP contribution in [-0.4, -0.2) is 27.3 Å². The molecular weight excluding hydrogens is 378 g/mol. The second kappa shape index (κ2) is 7.51. The molecule has 0 saturated carbocycles. The molecule has 144 valence electrons. The third-order valence-electron chi connectivity index (χ3n) is 4.21. The van der Waals surface area contributed by atoms with Crippen molar-refractivity contribution in [3.8, 4) is 5.75 Å². The normalized spacial score (nSPS) is 16.2. The number of amides is 2. The molecule has 2 aromatic carbocycles. The Bertz CT molecular complexity index is 979. The van der Waals surface area contributed by atoms with Crippen LogP contribution >= 0.6 is 0 Å². The van der Waals surface area contributed by atoms with Crippen LogP contribution in [0.4, 0.5) is 13.6 Å². The number of fused-ring (bicyclic) bond motifs is 1. The van der Waals surface area contributed by atoms with Crippen molar-refractivity contribution in [1.82, 2.24) is 10.6 Å². The summed E-state index contributed by atoms with van der Waals surface area (Å²) in [6, 6.07) is 6.88. The second-order valence-corrected chi connectivity index (χ2v) is 8.15. The zero-order chi connectivity index (χ0) is 19.6. The van der Waals surface area contributed by atoms with Gasteiger partial charge in [-0.1, -0.05) is 18.2 Å². The number of benzene rings is 2. The lowest BCUT2D eigenvalue weighted by Gasteiger charge is -2.27. The molecule has 0 fully saturated rings. The minimum atomic E-state index is -3.44. The van der Waals surface area contributed by atoms with Crippen molar-refractivity contribution in [2.45, 2.75) is 23.9 Å². The van der Waals surface area contributed by atoms with Gasteiger partial charge in [-0.3, -0.25) is 0 Å². The molecule has 0 bridgehead atoms. The Morgan fingerprint density at radius 1 is 1.19 bits per heavy atom. The molecule has 0 unspecified atom stereocenters. The van der Waals surface area contributed by atoms with E-state index in [2.05, 4.69) is 10.6 Å². The summed E-state index contributed by atoms with van der Waals surface area (Å²) in [4.78, 5) is 12.3. The van der Waals surface area contributed by atoms with Crippen molar-refractivity contribution in [3.05, 3.63) is 59.2 Å². The van der Waals surface area contributed by atoms with Gasteiger partial charge in [-0.15, -0.1) is 0 Å². The number of carbonyl (C=O) groups is 1. The summed E-state index contributed by atoms with van der Waals surface area (Å²) < 4.78 is 56.7. The van der Waals surface area contributed by atoms with Crippen LogP contribution in [0, 0.1) is 11.6 Å². The van der Waals surface area contributed by atoms with Crippen LogP contribution in [0.1, 0.15) is 23.6 Å². The van der Waals surface area contributed by atoms with Crippen LogP contribution in [0.5, 0.6) is 5.75 Å². The fourth-order valence-electron chi connectivity index (χ4n) is 2.98. The zero-order valence-electron chi connectivity index (χ0n) is 14.5. The number of hydrogen-bond donors (Lipinski definition) is 2. The zero-order valence-corrected chi connectivity index (χ0v) is 15.3. The van der Waals surface area contributed by atoms with E-state index in [0.29, 0.717) is 5.56 Å². The SMILES string of the molecule is CS(=O)(=O)c1ccccc1CNC(=O)N[C@@H]1CCOc2c(F)ccc(F)c21. The minimum absolute atomic E-state index is 0.0310. The third kappa shape index (κ3) is 4.19. The Hall–Kier alpha value is -2.68. The molecule has 2 N–H and O–H groups in total. The van der Waals surface area contributed by atoms with Gasteiger partial charge >= 0.3 is 6.03 Å². The van der Waals surface area contributed by atoms with Gasteiger partial charge in [-0.2, -0.15) is 0 Å². The first-order valence-electron chi connectivity index (χ1n) is 8.20. The molecule has 0 aromatic heterocycles. The molecule has 0 spiro atoms. The Labute approximate surface area is 155 Å². The fourth-order valence-corrected chi connectivity index (χ4v) is 3.93. The lowest BCUT2D eigenvalue weighted by atomic mass is 9.99. The maximum atomic E-state index is 14.1. The van der Waals surface area contributed by atoms with Gasteiger partial charge in [-0.05, 0) is 23.8 Å². The van der Waals surface area contributed by atoms with E-state index in [9.17, 15) is 22.0 Å². The van der Waals surface area contributed by atoms with Crippen molar-refractivity contribution in [2.24, 2.45) is 0 Å². The van der Waals surface area contributed by atoms with Crippen LogP contribution in [-0.2, 0) is 16.4 Å². The highest BCUT2D eigenvalue weighted by molar-refractivity contribution is 7.90. The molecular formula is C18H18F2N2O4S. The molecule has 27 heavy (non-hydrogen) atoms. The third-order valence-corrected chi connectivity index (χ3v) is 5.41.